The Morgan fingerprint density at radius 2 is 2.20 bits per heavy atom. The molecule has 0 saturated carbocycles. The van der Waals surface area contributed by atoms with E-state index in [1.807, 2.05) is 5.38 Å². The zero-order valence-corrected chi connectivity index (χ0v) is 14.6. The normalized spacial score (nSPS) is 16.4. The SMILES string of the molecule is COC(=O)NCC(=O)N1CCCC1C(=O)NCc1csc(C(=N)N)c1. The first kappa shape index (κ1) is 18.7. The summed E-state index contributed by atoms with van der Waals surface area (Å²) in [4.78, 5) is 37.7. The number of amides is 3. The molecule has 136 valence electrons. The first-order valence-corrected chi connectivity index (χ1v) is 8.61. The van der Waals surface area contributed by atoms with Crippen molar-refractivity contribution < 1.29 is 19.1 Å². The third-order valence-corrected chi connectivity index (χ3v) is 4.84. The number of nitrogens with one attached hydrogen (secondary N) is 3. The minimum absolute atomic E-state index is 0.00625. The average Bonchev–Trinajstić information content (AvgIpc) is 3.26. The number of thiophene rings is 1. The van der Waals surface area contributed by atoms with Gasteiger partial charge in [0.25, 0.3) is 0 Å². The lowest BCUT2D eigenvalue weighted by Gasteiger charge is -2.24. The topological polar surface area (TPSA) is 138 Å². The lowest BCUT2D eigenvalue weighted by Crippen LogP contribution is -2.48. The number of rotatable bonds is 6. The van der Waals surface area contributed by atoms with Crippen LogP contribution in [0.2, 0.25) is 0 Å². The maximum absolute atomic E-state index is 12.4. The maximum atomic E-state index is 12.4. The van der Waals surface area contributed by atoms with Gasteiger partial charge in [0.15, 0.2) is 0 Å². The van der Waals surface area contributed by atoms with E-state index in [4.69, 9.17) is 11.1 Å². The van der Waals surface area contributed by atoms with Gasteiger partial charge in [0.05, 0.1) is 12.0 Å². The van der Waals surface area contributed by atoms with Gasteiger partial charge in [-0.05, 0) is 29.9 Å². The Labute approximate surface area is 149 Å². The largest absolute Gasteiger partial charge is 0.453 e. The maximum Gasteiger partial charge on any atom is 0.407 e. The Morgan fingerprint density at radius 3 is 2.84 bits per heavy atom. The van der Waals surface area contributed by atoms with Crippen LogP contribution < -0.4 is 16.4 Å². The van der Waals surface area contributed by atoms with Crippen LogP contribution in [0.3, 0.4) is 0 Å². The summed E-state index contributed by atoms with van der Waals surface area (Å²) in [6, 6.07) is 1.21. The molecular weight excluding hydrogens is 346 g/mol. The Kier molecular flexibility index (Phi) is 6.34. The molecule has 1 aliphatic rings. The molecule has 0 radical (unpaired) electrons. The molecule has 0 aliphatic carbocycles. The highest BCUT2D eigenvalue weighted by Crippen LogP contribution is 2.18. The van der Waals surface area contributed by atoms with Crippen LogP contribution in [0.1, 0.15) is 23.3 Å². The fourth-order valence-corrected chi connectivity index (χ4v) is 3.35. The Balaban J connectivity index is 1.87. The summed E-state index contributed by atoms with van der Waals surface area (Å²) in [5, 5.41) is 14.3. The number of nitrogens with zero attached hydrogens (tertiary/aromatic N) is 1. The molecule has 3 amide bonds. The van der Waals surface area contributed by atoms with Gasteiger partial charge < -0.3 is 26.0 Å². The molecule has 1 saturated heterocycles. The van der Waals surface area contributed by atoms with Gasteiger partial charge in [-0.2, -0.15) is 0 Å². The lowest BCUT2D eigenvalue weighted by atomic mass is 10.2. The number of carbonyl (C=O) groups is 3. The number of alkyl carbamates (subject to hydrolysis) is 1. The van der Waals surface area contributed by atoms with Gasteiger partial charge in [0, 0.05) is 13.1 Å². The lowest BCUT2D eigenvalue weighted by molar-refractivity contribution is -0.137. The van der Waals surface area contributed by atoms with Crippen molar-refractivity contribution in [3.63, 3.8) is 0 Å². The van der Waals surface area contributed by atoms with E-state index in [0.29, 0.717) is 24.4 Å². The number of hydrogen-bond acceptors (Lipinski definition) is 6. The van der Waals surface area contributed by atoms with Crippen molar-refractivity contribution in [3.8, 4) is 0 Å². The smallest absolute Gasteiger partial charge is 0.407 e. The molecule has 1 aromatic heterocycles. The van der Waals surface area contributed by atoms with Crippen molar-refractivity contribution in [2.75, 3.05) is 20.2 Å². The van der Waals surface area contributed by atoms with Crippen LogP contribution in [0.25, 0.3) is 0 Å². The van der Waals surface area contributed by atoms with E-state index in [1.54, 1.807) is 6.07 Å². The van der Waals surface area contributed by atoms with Crippen LogP contribution in [0.5, 0.6) is 0 Å². The quantitative estimate of drug-likeness (QED) is 0.414. The zero-order valence-electron chi connectivity index (χ0n) is 13.8. The standard InChI is InChI=1S/C15H21N5O4S/c1-24-15(23)19-7-12(21)20-4-2-3-10(20)14(22)18-6-9-5-11(13(16)17)25-8-9/h5,8,10H,2-4,6-7H2,1H3,(H3,16,17)(H,18,22)(H,19,23). The van der Waals surface area contributed by atoms with E-state index >= 15 is 0 Å². The number of likely N-dealkylation sites (tertiary alicyclic amines) is 1. The van der Waals surface area contributed by atoms with Crippen LogP contribution in [0.15, 0.2) is 11.4 Å². The Morgan fingerprint density at radius 1 is 1.44 bits per heavy atom. The number of carbonyl (C=O) groups excluding carboxylic acids is 3. The molecular formula is C15H21N5O4S. The summed E-state index contributed by atoms with van der Waals surface area (Å²) in [6.45, 7) is 0.581. The molecule has 10 heteroatoms. The van der Waals surface area contributed by atoms with Gasteiger partial charge in [0.1, 0.15) is 18.4 Å². The molecule has 1 aromatic rings. The number of amidine groups is 1. The molecule has 5 N–H and O–H groups in total. The highest BCUT2D eigenvalue weighted by molar-refractivity contribution is 7.12. The summed E-state index contributed by atoms with van der Waals surface area (Å²) in [6.07, 6.45) is 0.625. The van der Waals surface area contributed by atoms with Gasteiger partial charge in [-0.1, -0.05) is 0 Å². The Hall–Kier alpha value is -2.62. The predicted octanol–water partition coefficient (Wildman–Crippen LogP) is -0.00463. The second-order valence-electron chi connectivity index (χ2n) is 5.54. The van der Waals surface area contributed by atoms with Crippen molar-refractivity contribution in [3.05, 3.63) is 21.9 Å². The molecule has 2 rings (SSSR count). The number of ether oxygens (including phenoxy) is 1. The minimum atomic E-state index is -0.688. The average molecular weight is 367 g/mol. The third-order valence-electron chi connectivity index (χ3n) is 3.83. The first-order valence-electron chi connectivity index (χ1n) is 7.73. The van der Waals surface area contributed by atoms with E-state index in [1.165, 1.54) is 23.3 Å². The van der Waals surface area contributed by atoms with Crippen LogP contribution in [0, 0.1) is 5.41 Å². The third kappa shape index (κ3) is 4.92. The van der Waals surface area contributed by atoms with E-state index in [0.717, 1.165) is 12.0 Å². The monoisotopic (exact) mass is 367 g/mol. The first-order chi connectivity index (χ1) is 11.9. The molecule has 1 unspecified atom stereocenters. The second-order valence-corrected chi connectivity index (χ2v) is 6.45. The summed E-state index contributed by atoms with van der Waals surface area (Å²) in [7, 11) is 1.22. The molecule has 2 heterocycles. The van der Waals surface area contributed by atoms with Gasteiger partial charge in [-0.15, -0.1) is 11.3 Å². The molecule has 1 aliphatic heterocycles. The summed E-state index contributed by atoms with van der Waals surface area (Å²) in [5.41, 5.74) is 6.27. The molecule has 0 bridgehead atoms. The summed E-state index contributed by atoms with van der Waals surface area (Å²) >= 11 is 1.34. The summed E-state index contributed by atoms with van der Waals surface area (Å²) in [5.74, 6) is -0.565. The van der Waals surface area contributed by atoms with Crippen molar-refractivity contribution in [1.29, 1.82) is 5.41 Å². The fraction of sp³-hybridized carbons (Fsp3) is 0.467. The second kappa shape index (κ2) is 8.47. The highest BCUT2D eigenvalue weighted by atomic mass is 32.1. The fourth-order valence-electron chi connectivity index (χ4n) is 2.58. The van der Waals surface area contributed by atoms with Gasteiger partial charge in [0.2, 0.25) is 11.8 Å². The van der Waals surface area contributed by atoms with Crippen LogP contribution in [-0.4, -0.2) is 54.9 Å². The van der Waals surface area contributed by atoms with Crippen molar-refractivity contribution in [2.24, 2.45) is 5.73 Å². The zero-order chi connectivity index (χ0) is 18.4. The molecule has 1 atom stereocenters. The molecule has 0 spiro atoms. The van der Waals surface area contributed by atoms with E-state index in [-0.39, 0.29) is 24.2 Å². The number of methoxy groups -OCH3 is 1. The number of nitrogens with two attached hydrogens (primary N) is 1. The van der Waals surface area contributed by atoms with Crippen LogP contribution in [-0.2, 0) is 20.9 Å². The Bertz CT molecular complexity index is 675. The van der Waals surface area contributed by atoms with Gasteiger partial charge in [-0.25, -0.2) is 4.79 Å². The van der Waals surface area contributed by atoms with E-state index in [2.05, 4.69) is 15.4 Å². The number of hydrogen-bond donors (Lipinski definition) is 4. The van der Waals surface area contributed by atoms with Crippen molar-refractivity contribution >= 4 is 35.1 Å². The molecule has 1 fully saturated rings. The van der Waals surface area contributed by atoms with Gasteiger partial charge >= 0.3 is 6.09 Å². The minimum Gasteiger partial charge on any atom is -0.453 e. The number of nitrogen functional groups attached to an aromatic ring is 1. The van der Waals surface area contributed by atoms with Crippen LogP contribution in [0.4, 0.5) is 4.79 Å². The molecule has 0 aromatic carbocycles. The van der Waals surface area contributed by atoms with Gasteiger partial charge in [-0.3, -0.25) is 15.0 Å². The highest BCUT2D eigenvalue weighted by Gasteiger charge is 2.33. The van der Waals surface area contributed by atoms with E-state index in [9.17, 15) is 14.4 Å². The molecule has 9 nitrogen and oxygen atoms in total. The van der Waals surface area contributed by atoms with Crippen LogP contribution >= 0.6 is 11.3 Å². The van der Waals surface area contributed by atoms with Crippen molar-refractivity contribution in [2.45, 2.75) is 25.4 Å². The predicted molar refractivity (Wildman–Crippen MR) is 92.3 cm³/mol. The van der Waals surface area contributed by atoms with E-state index < -0.39 is 12.1 Å². The van der Waals surface area contributed by atoms with Crippen molar-refractivity contribution in [1.82, 2.24) is 15.5 Å². The molecule has 25 heavy (non-hydrogen) atoms. The summed E-state index contributed by atoms with van der Waals surface area (Å²) < 4.78 is 4.42.